The molecule has 0 radical (unpaired) electrons. The Morgan fingerprint density at radius 3 is 2.84 bits per heavy atom. The normalized spacial score (nSPS) is 12.7. The number of rotatable bonds is 4. The quantitative estimate of drug-likeness (QED) is 0.935. The Kier molecular flexibility index (Phi) is 4.37. The van der Waals surface area contributed by atoms with Crippen LogP contribution in [0.3, 0.4) is 0 Å². The van der Waals surface area contributed by atoms with Crippen molar-refractivity contribution in [2.45, 2.75) is 32.9 Å². The summed E-state index contributed by atoms with van der Waals surface area (Å²) in [5, 5.41) is 14.6. The molecule has 1 aromatic carbocycles. The van der Waals surface area contributed by atoms with Crippen molar-refractivity contribution < 1.29 is 9.50 Å². The maximum absolute atomic E-state index is 13.2. The molecule has 1 aromatic heterocycles. The van der Waals surface area contributed by atoms with Gasteiger partial charge in [0.1, 0.15) is 5.82 Å². The molecule has 0 aliphatic rings. The predicted molar refractivity (Wildman–Crippen MR) is 75.4 cm³/mol. The molecule has 2 rings (SSSR count). The molecule has 2 aromatic rings. The van der Waals surface area contributed by atoms with Crippen LogP contribution in [0.25, 0.3) is 0 Å². The van der Waals surface area contributed by atoms with Gasteiger partial charge in [-0.15, -0.1) is 0 Å². The zero-order chi connectivity index (χ0) is 14.0. The van der Waals surface area contributed by atoms with Gasteiger partial charge < -0.3 is 5.11 Å². The van der Waals surface area contributed by atoms with Gasteiger partial charge in [0.2, 0.25) is 0 Å². The average molecular weight is 327 g/mol. The fraction of sp³-hybridized carbons (Fsp3) is 0.357. The summed E-state index contributed by atoms with van der Waals surface area (Å²) >= 11 is 3.37. The zero-order valence-electron chi connectivity index (χ0n) is 10.9. The first kappa shape index (κ1) is 14.2. The number of aryl methyl sites for hydroxylation is 2. The van der Waals surface area contributed by atoms with Crippen molar-refractivity contribution in [2.24, 2.45) is 0 Å². The van der Waals surface area contributed by atoms with Crippen molar-refractivity contribution in [1.82, 2.24) is 9.78 Å². The molecule has 0 amide bonds. The van der Waals surface area contributed by atoms with Gasteiger partial charge in [-0.25, -0.2) is 4.39 Å². The Hall–Kier alpha value is -1.20. The number of hydrogen-bond donors (Lipinski definition) is 1. The van der Waals surface area contributed by atoms with E-state index in [1.807, 2.05) is 19.9 Å². The van der Waals surface area contributed by atoms with Gasteiger partial charge in [0.15, 0.2) is 0 Å². The summed E-state index contributed by atoms with van der Waals surface area (Å²) in [6.45, 7) is 4.56. The monoisotopic (exact) mass is 326 g/mol. The number of hydrogen-bond acceptors (Lipinski definition) is 2. The third-order valence-electron chi connectivity index (χ3n) is 3.00. The molecule has 0 spiro atoms. The lowest BCUT2D eigenvalue weighted by Crippen LogP contribution is -2.10. The first-order valence-electron chi connectivity index (χ1n) is 6.17. The van der Waals surface area contributed by atoms with E-state index in [9.17, 15) is 9.50 Å². The third kappa shape index (κ3) is 3.22. The molecule has 102 valence electrons. The largest absolute Gasteiger partial charge is 0.386 e. The van der Waals surface area contributed by atoms with Crippen molar-refractivity contribution in [2.75, 3.05) is 0 Å². The van der Waals surface area contributed by atoms with E-state index in [2.05, 4.69) is 21.0 Å². The lowest BCUT2D eigenvalue weighted by atomic mass is 10.1. The van der Waals surface area contributed by atoms with Gasteiger partial charge in [0, 0.05) is 17.4 Å². The van der Waals surface area contributed by atoms with Gasteiger partial charge in [-0.1, -0.05) is 15.9 Å². The molecule has 1 atom stereocenters. The van der Waals surface area contributed by atoms with E-state index in [4.69, 9.17) is 0 Å². The van der Waals surface area contributed by atoms with E-state index in [1.165, 1.54) is 12.1 Å². The minimum atomic E-state index is -0.695. The van der Waals surface area contributed by atoms with Crippen LogP contribution in [0.2, 0.25) is 0 Å². The lowest BCUT2D eigenvalue weighted by Gasteiger charge is -2.13. The van der Waals surface area contributed by atoms with Crippen LogP contribution >= 0.6 is 15.9 Å². The van der Waals surface area contributed by atoms with Gasteiger partial charge in [-0.05, 0) is 43.7 Å². The van der Waals surface area contributed by atoms with Crippen LogP contribution < -0.4 is 0 Å². The van der Waals surface area contributed by atoms with Crippen molar-refractivity contribution >= 4 is 15.9 Å². The van der Waals surface area contributed by atoms with Crippen LogP contribution in [-0.2, 0) is 13.0 Å². The zero-order valence-corrected chi connectivity index (χ0v) is 12.5. The molecular formula is C14H16BrFN2O. The average Bonchev–Trinajstić information content (AvgIpc) is 2.75. The highest BCUT2D eigenvalue weighted by Crippen LogP contribution is 2.25. The van der Waals surface area contributed by atoms with Crippen LogP contribution in [-0.4, -0.2) is 14.9 Å². The molecule has 1 unspecified atom stereocenters. The summed E-state index contributed by atoms with van der Waals surface area (Å²) in [4.78, 5) is 0. The fourth-order valence-corrected chi connectivity index (χ4v) is 2.51. The smallest absolute Gasteiger partial charge is 0.123 e. The predicted octanol–water partition coefficient (Wildman–Crippen LogP) is 3.39. The van der Waals surface area contributed by atoms with E-state index >= 15 is 0 Å². The maximum Gasteiger partial charge on any atom is 0.123 e. The lowest BCUT2D eigenvalue weighted by molar-refractivity contribution is 0.167. The molecule has 1 N–H and O–H groups in total. The SMILES string of the molecule is CCn1nc(C)cc1C(O)Cc1cc(F)ccc1Br. The number of halogens is 2. The van der Waals surface area contributed by atoms with Gasteiger partial charge in [0.25, 0.3) is 0 Å². The number of aliphatic hydroxyl groups excluding tert-OH is 1. The number of benzene rings is 1. The molecule has 0 fully saturated rings. The maximum atomic E-state index is 13.2. The van der Waals surface area contributed by atoms with Crippen molar-refractivity contribution in [3.8, 4) is 0 Å². The van der Waals surface area contributed by atoms with Crippen molar-refractivity contribution in [3.63, 3.8) is 0 Å². The second-order valence-corrected chi connectivity index (χ2v) is 5.34. The molecule has 5 heteroatoms. The minimum absolute atomic E-state index is 0.300. The summed E-state index contributed by atoms with van der Waals surface area (Å²) < 4.78 is 15.8. The second kappa shape index (κ2) is 5.84. The molecule has 1 heterocycles. The number of aromatic nitrogens is 2. The molecule has 0 saturated heterocycles. The molecule has 19 heavy (non-hydrogen) atoms. The third-order valence-corrected chi connectivity index (χ3v) is 3.77. The summed E-state index contributed by atoms with van der Waals surface area (Å²) in [6, 6.07) is 6.34. The van der Waals surface area contributed by atoms with Gasteiger partial charge >= 0.3 is 0 Å². The molecule has 0 saturated carbocycles. The van der Waals surface area contributed by atoms with Crippen molar-refractivity contribution in [3.05, 3.63) is 51.5 Å². The van der Waals surface area contributed by atoms with Gasteiger partial charge in [0.05, 0.1) is 17.5 Å². The highest BCUT2D eigenvalue weighted by atomic mass is 79.9. The highest BCUT2D eigenvalue weighted by Gasteiger charge is 2.16. The summed E-state index contributed by atoms with van der Waals surface area (Å²) in [5.74, 6) is -0.300. The summed E-state index contributed by atoms with van der Waals surface area (Å²) in [5.41, 5.74) is 2.37. The van der Waals surface area contributed by atoms with Crippen LogP contribution in [0.4, 0.5) is 4.39 Å². The van der Waals surface area contributed by atoms with E-state index in [-0.39, 0.29) is 5.82 Å². The van der Waals surface area contributed by atoms with Crippen LogP contribution in [0, 0.1) is 12.7 Å². The Balaban J connectivity index is 2.25. The Morgan fingerprint density at radius 2 is 2.16 bits per heavy atom. The van der Waals surface area contributed by atoms with E-state index < -0.39 is 6.10 Å². The number of aliphatic hydroxyl groups is 1. The first-order valence-corrected chi connectivity index (χ1v) is 6.97. The Labute approximate surface area is 120 Å². The highest BCUT2D eigenvalue weighted by molar-refractivity contribution is 9.10. The minimum Gasteiger partial charge on any atom is -0.386 e. The molecule has 0 aliphatic carbocycles. The van der Waals surface area contributed by atoms with Crippen LogP contribution in [0.1, 0.15) is 30.0 Å². The van der Waals surface area contributed by atoms with Gasteiger partial charge in [-0.3, -0.25) is 4.68 Å². The summed E-state index contributed by atoms with van der Waals surface area (Å²) in [6.07, 6.45) is -0.344. The standard InChI is InChI=1S/C14H16BrFN2O/c1-3-18-13(6-9(2)17-18)14(19)8-10-7-11(16)4-5-12(10)15/h4-7,14,19H,3,8H2,1-2H3. The van der Waals surface area contributed by atoms with E-state index in [0.717, 1.165) is 21.4 Å². The van der Waals surface area contributed by atoms with E-state index in [0.29, 0.717) is 13.0 Å². The second-order valence-electron chi connectivity index (χ2n) is 4.48. The Morgan fingerprint density at radius 1 is 1.42 bits per heavy atom. The molecule has 3 nitrogen and oxygen atoms in total. The molecular weight excluding hydrogens is 311 g/mol. The van der Waals surface area contributed by atoms with E-state index in [1.54, 1.807) is 10.7 Å². The molecule has 0 bridgehead atoms. The Bertz CT molecular complexity index is 583. The van der Waals surface area contributed by atoms with Crippen molar-refractivity contribution in [1.29, 1.82) is 0 Å². The summed E-state index contributed by atoms with van der Waals surface area (Å²) in [7, 11) is 0. The molecule has 0 aliphatic heterocycles. The topological polar surface area (TPSA) is 38.0 Å². The van der Waals surface area contributed by atoms with Crippen LogP contribution in [0.15, 0.2) is 28.7 Å². The van der Waals surface area contributed by atoms with Crippen LogP contribution in [0.5, 0.6) is 0 Å². The first-order chi connectivity index (χ1) is 9.01. The van der Waals surface area contributed by atoms with Gasteiger partial charge in [-0.2, -0.15) is 5.10 Å². The fourth-order valence-electron chi connectivity index (χ4n) is 2.10. The number of nitrogens with zero attached hydrogens (tertiary/aromatic N) is 2.